The van der Waals surface area contributed by atoms with E-state index in [9.17, 15) is 0 Å². The van der Waals surface area contributed by atoms with Gasteiger partial charge in [0.1, 0.15) is 0 Å². The van der Waals surface area contributed by atoms with Crippen LogP contribution in [-0.4, -0.2) is 23.3 Å². The maximum absolute atomic E-state index is 5.56. The van der Waals surface area contributed by atoms with E-state index in [0.29, 0.717) is 11.8 Å². The van der Waals surface area contributed by atoms with Crippen molar-refractivity contribution >= 4 is 0 Å². The average Bonchev–Trinajstić information content (AvgIpc) is 3.15. The van der Waals surface area contributed by atoms with E-state index < -0.39 is 0 Å². The molecule has 0 aliphatic heterocycles. The second-order valence-electron chi connectivity index (χ2n) is 5.47. The van der Waals surface area contributed by atoms with Gasteiger partial charge in [-0.05, 0) is 30.9 Å². The molecule has 1 saturated carbocycles. The minimum atomic E-state index is 0.642. The smallest absolute Gasteiger partial charge is 0.233 e. The number of hydrogen-bond acceptors (Lipinski definition) is 4. The molecule has 0 saturated heterocycles. The lowest BCUT2D eigenvalue weighted by Gasteiger charge is -2.07. The first-order valence-corrected chi connectivity index (χ1v) is 6.90. The van der Waals surface area contributed by atoms with Crippen molar-refractivity contribution < 1.29 is 4.74 Å². The molecule has 0 bridgehead atoms. The highest BCUT2D eigenvalue weighted by Crippen LogP contribution is 2.32. The fraction of sp³-hybridized carbons (Fsp3) is 0.714. The van der Waals surface area contributed by atoms with Crippen LogP contribution >= 0.6 is 0 Å². The van der Waals surface area contributed by atoms with Crippen molar-refractivity contribution in [3.05, 3.63) is 17.8 Å². The van der Waals surface area contributed by atoms with Gasteiger partial charge in [-0.1, -0.05) is 26.7 Å². The second kappa shape index (κ2) is 6.69. The Morgan fingerprint density at radius 1 is 1.33 bits per heavy atom. The van der Waals surface area contributed by atoms with Gasteiger partial charge in [0.15, 0.2) is 0 Å². The Labute approximate surface area is 109 Å². The van der Waals surface area contributed by atoms with Crippen molar-refractivity contribution in [2.24, 2.45) is 11.8 Å². The molecule has 0 spiro atoms. The largest absolute Gasteiger partial charge is 0.477 e. The van der Waals surface area contributed by atoms with E-state index in [4.69, 9.17) is 4.74 Å². The molecule has 0 atom stereocenters. The van der Waals surface area contributed by atoms with Crippen LogP contribution in [0.4, 0.5) is 0 Å². The molecule has 1 aromatic rings. The molecule has 0 amide bonds. The van der Waals surface area contributed by atoms with Gasteiger partial charge in [0, 0.05) is 12.6 Å². The number of ether oxygens (including phenoxy) is 1. The Morgan fingerprint density at radius 2 is 2.17 bits per heavy atom. The topological polar surface area (TPSA) is 47.0 Å². The number of hydrogen-bond donors (Lipinski definition) is 1. The van der Waals surface area contributed by atoms with Gasteiger partial charge in [-0.3, -0.25) is 0 Å². The Balaban J connectivity index is 1.67. The van der Waals surface area contributed by atoms with Gasteiger partial charge < -0.3 is 10.1 Å². The van der Waals surface area contributed by atoms with Gasteiger partial charge in [-0.2, -0.15) is 5.10 Å². The minimum Gasteiger partial charge on any atom is -0.477 e. The van der Waals surface area contributed by atoms with E-state index in [1.165, 1.54) is 12.8 Å². The molecule has 0 aromatic carbocycles. The third kappa shape index (κ3) is 5.00. The zero-order chi connectivity index (χ0) is 12.8. The molecule has 18 heavy (non-hydrogen) atoms. The van der Waals surface area contributed by atoms with Crippen LogP contribution in [0, 0.1) is 11.8 Å². The van der Waals surface area contributed by atoms with Gasteiger partial charge in [0.25, 0.3) is 0 Å². The molecule has 1 aliphatic rings. The highest BCUT2D eigenvalue weighted by atomic mass is 16.5. The van der Waals surface area contributed by atoms with Crippen molar-refractivity contribution in [3.63, 3.8) is 0 Å². The quantitative estimate of drug-likeness (QED) is 0.768. The second-order valence-corrected chi connectivity index (χ2v) is 5.47. The molecular formula is C14H23N3O. The molecule has 0 radical (unpaired) electrons. The summed E-state index contributed by atoms with van der Waals surface area (Å²) in [5, 5.41) is 11.6. The molecule has 1 fully saturated rings. The van der Waals surface area contributed by atoms with E-state index in [1.54, 1.807) is 0 Å². The predicted molar refractivity (Wildman–Crippen MR) is 71.4 cm³/mol. The number of aromatic nitrogens is 2. The summed E-state index contributed by atoms with van der Waals surface area (Å²) in [5.41, 5.74) is 0.963. The normalized spacial score (nSPS) is 15.1. The van der Waals surface area contributed by atoms with Crippen LogP contribution in [0.5, 0.6) is 5.88 Å². The van der Waals surface area contributed by atoms with Crippen molar-refractivity contribution in [2.75, 3.05) is 13.2 Å². The fourth-order valence-electron chi connectivity index (χ4n) is 1.74. The Morgan fingerprint density at radius 3 is 2.78 bits per heavy atom. The summed E-state index contributed by atoms with van der Waals surface area (Å²) in [4.78, 5) is 0. The van der Waals surface area contributed by atoms with Crippen LogP contribution in [0.1, 0.15) is 38.8 Å². The van der Waals surface area contributed by atoms with Crippen molar-refractivity contribution in [2.45, 2.75) is 39.7 Å². The van der Waals surface area contributed by atoms with E-state index in [-0.39, 0.29) is 0 Å². The summed E-state index contributed by atoms with van der Waals surface area (Å²) < 4.78 is 5.56. The van der Waals surface area contributed by atoms with E-state index in [2.05, 4.69) is 29.4 Å². The van der Waals surface area contributed by atoms with Crippen molar-refractivity contribution in [1.29, 1.82) is 0 Å². The zero-order valence-electron chi connectivity index (χ0n) is 11.4. The summed E-state index contributed by atoms with van der Waals surface area (Å²) >= 11 is 0. The fourth-order valence-corrected chi connectivity index (χ4v) is 1.74. The van der Waals surface area contributed by atoms with Gasteiger partial charge >= 0.3 is 0 Å². The van der Waals surface area contributed by atoms with Crippen molar-refractivity contribution in [3.8, 4) is 5.88 Å². The molecule has 1 N–H and O–H groups in total. The zero-order valence-corrected chi connectivity index (χ0v) is 11.4. The summed E-state index contributed by atoms with van der Waals surface area (Å²) in [5.74, 6) is 2.20. The predicted octanol–water partition coefficient (Wildman–Crippen LogP) is 2.40. The van der Waals surface area contributed by atoms with E-state index in [1.807, 2.05) is 12.1 Å². The van der Waals surface area contributed by atoms with Crippen LogP contribution in [0.15, 0.2) is 12.1 Å². The molecule has 4 heteroatoms. The van der Waals surface area contributed by atoms with E-state index in [0.717, 1.165) is 37.7 Å². The minimum absolute atomic E-state index is 0.642. The molecule has 1 aromatic heterocycles. The molecular weight excluding hydrogens is 226 g/mol. The first kappa shape index (κ1) is 13.3. The number of nitrogens with one attached hydrogen (secondary N) is 1. The third-order valence-corrected chi connectivity index (χ3v) is 3.03. The molecule has 1 aliphatic carbocycles. The highest BCUT2D eigenvalue weighted by Gasteiger charge is 2.20. The first-order chi connectivity index (χ1) is 8.74. The Hall–Kier alpha value is -1.16. The lowest BCUT2D eigenvalue weighted by molar-refractivity contribution is 0.287. The standard InChI is InChI=1S/C14H23N3O/c1-11(2)9-15-10-13-5-6-14(17-16-13)18-8-7-12-3-4-12/h5-6,11-12,15H,3-4,7-10H2,1-2H3. The molecule has 4 nitrogen and oxygen atoms in total. The third-order valence-electron chi connectivity index (χ3n) is 3.03. The van der Waals surface area contributed by atoms with Gasteiger partial charge in [-0.15, -0.1) is 5.10 Å². The lowest BCUT2D eigenvalue weighted by atomic mass is 10.2. The van der Waals surface area contributed by atoms with Crippen LogP contribution in [0.3, 0.4) is 0 Å². The van der Waals surface area contributed by atoms with Crippen LogP contribution in [0.2, 0.25) is 0 Å². The molecule has 1 heterocycles. The molecule has 100 valence electrons. The van der Waals surface area contributed by atoms with Crippen LogP contribution in [0.25, 0.3) is 0 Å². The van der Waals surface area contributed by atoms with Gasteiger partial charge in [0.2, 0.25) is 5.88 Å². The molecule has 2 rings (SSSR count). The Kier molecular flexibility index (Phi) is 4.93. The Bertz CT molecular complexity index is 320. The highest BCUT2D eigenvalue weighted by molar-refractivity contribution is 5.11. The van der Waals surface area contributed by atoms with Crippen molar-refractivity contribution in [1.82, 2.24) is 15.5 Å². The summed E-state index contributed by atoms with van der Waals surface area (Å²) in [6.45, 7) is 6.92. The first-order valence-electron chi connectivity index (χ1n) is 6.90. The maximum Gasteiger partial charge on any atom is 0.233 e. The maximum atomic E-state index is 5.56. The SMILES string of the molecule is CC(C)CNCc1ccc(OCCC2CC2)nn1. The summed E-state index contributed by atoms with van der Waals surface area (Å²) in [6.07, 6.45) is 3.89. The molecule has 0 unspecified atom stereocenters. The van der Waals surface area contributed by atoms with Crippen LogP contribution < -0.4 is 10.1 Å². The van der Waals surface area contributed by atoms with Crippen LogP contribution in [-0.2, 0) is 6.54 Å². The van der Waals surface area contributed by atoms with Gasteiger partial charge in [-0.25, -0.2) is 0 Å². The van der Waals surface area contributed by atoms with Gasteiger partial charge in [0.05, 0.1) is 12.3 Å². The monoisotopic (exact) mass is 249 g/mol. The number of nitrogens with zero attached hydrogens (tertiary/aromatic N) is 2. The summed E-state index contributed by atoms with van der Waals surface area (Å²) in [7, 11) is 0. The summed E-state index contributed by atoms with van der Waals surface area (Å²) in [6, 6.07) is 3.89. The lowest BCUT2D eigenvalue weighted by Crippen LogP contribution is -2.19. The van der Waals surface area contributed by atoms with E-state index >= 15 is 0 Å². The average molecular weight is 249 g/mol. The number of rotatable bonds is 8.